The van der Waals surface area contributed by atoms with Crippen LogP contribution in [0.5, 0.6) is 0 Å². The molecule has 1 aromatic heterocycles. The highest BCUT2D eigenvalue weighted by Gasteiger charge is 2.28. The van der Waals surface area contributed by atoms with Crippen LogP contribution in [-0.4, -0.2) is 31.0 Å². The Morgan fingerprint density at radius 2 is 2.26 bits per heavy atom. The molecular formula is C11H17N3O4S. The van der Waals surface area contributed by atoms with Crippen molar-refractivity contribution in [2.24, 2.45) is 7.05 Å². The van der Waals surface area contributed by atoms with E-state index in [1.807, 2.05) is 6.92 Å². The summed E-state index contributed by atoms with van der Waals surface area (Å²) in [5.74, 6) is -0.918. The van der Waals surface area contributed by atoms with Crippen molar-refractivity contribution < 1.29 is 14.8 Å². The predicted molar refractivity (Wildman–Crippen MR) is 71.4 cm³/mol. The molecule has 7 nitrogen and oxygen atoms in total. The Balaban J connectivity index is 3.05. The number of carboxylic acids is 1. The van der Waals surface area contributed by atoms with Crippen LogP contribution in [0.3, 0.4) is 0 Å². The number of aryl methyl sites for hydroxylation is 2. The van der Waals surface area contributed by atoms with Gasteiger partial charge in [0.2, 0.25) is 0 Å². The van der Waals surface area contributed by atoms with Crippen molar-refractivity contribution in [3.8, 4) is 0 Å². The Morgan fingerprint density at radius 3 is 2.74 bits per heavy atom. The maximum absolute atomic E-state index is 11.2. The number of nitrogens with zero attached hydrogens (tertiary/aromatic N) is 3. The molecule has 1 atom stereocenters. The highest BCUT2D eigenvalue weighted by atomic mass is 32.2. The number of rotatable bonds is 7. The minimum Gasteiger partial charge on any atom is -0.481 e. The fourth-order valence-corrected chi connectivity index (χ4v) is 2.85. The number of hydrogen-bond acceptors (Lipinski definition) is 5. The normalized spacial score (nSPS) is 12.4. The molecule has 0 aliphatic rings. The average Bonchev–Trinajstić information content (AvgIpc) is 2.54. The van der Waals surface area contributed by atoms with Gasteiger partial charge in [-0.3, -0.25) is 19.6 Å². The number of carboxylic acid groups (broad SMARTS) is 1. The molecule has 8 heteroatoms. The molecule has 1 heterocycles. The van der Waals surface area contributed by atoms with Crippen LogP contribution in [0.1, 0.15) is 32.4 Å². The van der Waals surface area contributed by atoms with Crippen LogP contribution in [-0.2, 0) is 18.3 Å². The van der Waals surface area contributed by atoms with E-state index in [9.17, 15) is 14.9 Å². The van der Waals surface area contributed by atoms with E-state index in [-0.39, 0.29) is 17.4 Å². The third-order valence-electron chi connectivity index (χ3n) is 2.48. The molecule has 0 saturated carbocycles. The zero-order valence-corrected chi connectivity index (χ0v) is 11.9. The average molecular weight is 287 g/mol. The highest BCUT2D eigenvalue weighted by Crippen LogP contribution is 2.35. The minimum absolute atomic E-state index is 0.00610. The van der Waals surface area contributed by atoms with Crippen molar-refractivity contribution in [1.82, 2.24) is 9.78 Å². The summed E-state index contributed by atoms with van der Waals surface area (Å²) in [5, 5.41) is 24.2. The molecule has 1 rings (SSSR count). The van der Waals surface area contributed by atoms with E-state index < -0.39 is 10.9 Å². The zero-order chi connectivity index (χ0) is 14.6. The summed E-state index contributed by atoms with van der Waals surface area (Å²) in [5.41, 5.74) is 0.464. The topological polar surface area (TPSA) is 98.3 Å². The second kappa shape index (κ2) is 6.55. The molecule has 0 bridgehead atoms. The van der Waals surface area contributed by atoms with Gasteiger partial charge in [-0.1, -0.05) is 32.0 Å². The maximum atomic E-state index is 11.2. The van der Waals surface area contributed by atoms with Crippen LogP contribution in [0.25, 0.3) is 0 Å². The number of aliphatic carboxylic acids is 1. The van der Waals surface area contributed by atoms with Crippen molar-refractivity contribution in [1.29, 1.82) is 0 Å². The standard InChI is InChI=1S/C11H17N3O4S/c1-4-5-8-10(14(17)18)11(13(3)12-8)19-7(2)6-9(15)16/h7H,4-6H2,1-3H3,(H,15,16). The van der Waals surface area contributed by atoms with Crippen LogP contribution >= 0.6 is 11.8 Å². The van der Waals surface area contributed by atoms with Gasteiger partial charge in [0.05, 0.1) is 11.3 Å². The number of carbonyl (C=O) groups is 1. The van der Waals surface area contributed by atoms with Crippen molar-refractivity contribution in [2.75, 3.05) is 0 Å². The second-order valence-electron chi connectivity index (χ2n) is 4.26. The molecule has 1 unspecified atom stereocenters. The summed E-state index contributed by atoms with van der Waals surface area (Å²) < 4.78 is 1.46. The Kier molecular flexibility index (Phi) is 5.34. The minimum atomic E-state index is -0.918. The lowest BCUT2D eigenvalue weighted by Crippen LogP contribution is -2.07. The lowest BCUT2D eigenvalue weighted by atomic mass is 10.2. The Morgan fingerprint density at radius 1 is 1.63 bits per heavy atom. The SMILES string of the molecule is CCCc1nn(C)c(SC(C)CC(=O)O)c1[N+](=O)[O-]. The molecule has 0 aromatic carbocycles. The van der Waals surface area contributed by atoms with Crippen LogP contribution in [0.4, 0.5) is 5.69 Å². The van der Waals surface area contributed by atoms with E-state index in [1.54, 1.807) is 14.0 Å². The van der Waals surface area contributed by atoms with Crippen molar-refractivity contribution >= 4 is 23.4 Å². The predicted octanol–water partition coefficient (Wildman–Crippen LogP) is 2.24. The van der Waals surface area contributed by atoms with Crippen molar-refractivity contribution in [2.45, 2.75) is 43.4 Å². The maximum Gasteiger partial charge on any atom is 0.323 e. The molecule has 1 N–H and O–H groups in total. The summed E-state index contributed by atoms with van der Waals surface area (Å²) in [6.45, 7) is 3.66. The molecule has 0 spiro atoms. The van der Waals surface area contributed by atoms with Gasteiger partial charge in [-0.15, -0.1) is 0 Å². The number of nitro groups is 1. The van der Waals surface area contributed by atoms with Crippen LogP contribution in [0, 0.1) is 10.1 Å². The molecule has 0 amide bonds. The molecule has 106 valence electrons. The van der Waals surface area contributed by atoms with Gasteiger partial charge < -0.3 is 5.11 Å². The second-order valence-corrected chi connectivity index (χ2v) is 5.68. The Bertz CT molecular complexity index is 487. The number of thioether (sulfide) groups is 1. The third-order valence-corrected chi connectivity index (χ3v) is 3.73. The van der Waals surface area contributed by atoms with E-state index >= 15 is 0 Å². The molecule has 0 radical (unpaired) electrons. The van der Waals surface area contributed by atoms with E-state index in [1.165, 1.54) is 16.4 Å². The number of aromatic nitrogens is 2. The fraction of sp³-hybridized carbons (Fsp3) is 0.636. The van der Waals surface area contributed by atoms with Gasteiger partial charge >= 0.3 is 11.7 Å². The summed E-state index contributed by atoms with van der Waals surface area (Å²) in [7, 11) is 1.64. The molecule has 0 saturated heterocycles. The third kappa shape index (κ3) is 3.95. The molecule has 1 aromatic rings. The lowest BCUT2D eigenvalue weighted by Gasteiger charge is -2.07. The summed E-state index contributed by atoms with van der Waals surface area (Å²) >= 11 is 1.18. The first kappa shape index (κ1) is 15.5. The van der Waals surface area contributed by atoms with Crippen molar-refractivity contribution in [3.63, 3.8) is 0 Å². The number of hydrogen-bond donors (Lipinski definition) is 1. The molecule has 0 aliphatic heterocycles. The summed E-state index contributed by atoms with van der Waals surface area (Å²) in [6.07, 6.45) is 1.26. The van der Waals surface area contributed by atoms with E-state index in [2.05, 4.69) is 5.10 Å². The molecule has 0 aliphatic carbocycles. The van der Waals surface area contributed by atoms with Gasteiger partial charge in [0.25, 0.3) is 0 Å². The van der Waals surface area contributed by atoms with Gasteiger partial charge in [-0.25, -0.2) is 0 Å². The Hall–Kier alpha value is -1.57. The zero-order valence-electron chi connectivity index (χ0n) is 11.1. The lowest BCUT2D eigenvalue weighted by molar-refractivity contribution is -0.388. The first-order chi connectivity index (χ1) is 8.86. The van der Waals surface area contributed by atoms with Crippen LogP contribution in [0.15, 0.2) is 5.03 Å². The molecule has 19 heavy (non-hydrogen) atoms. The van der Waals surface area contributed by atoms with E-state index in [0.29, 0.717) is 17.1 Å². The van der Waals surface area contributed by atoms with Gasteiger partial charge in [0.15, 0.2) is 5.03 Å². The monoisotopic (exact) mass is 287 g/mol. The largest absolute Gasteiger partial charge is 0.481 e. The fourth-order valence-electron chi connectivity index (χ4n) is 1.75. The van der Waals surface area contributed by atoms with Gasteiger partial charge in [0, 0.05) is 12.3 Å². The van der Waals surface area contributed by atoms with E-state index in [4.69, 9.17) is 5.11 Å². The van der Waals surface area contributed by atoms with Crippen LogP contribution in [0.2, 0.25) is 0 Å². The molecule has 0 fully saturated rings. The van der Waals surface area contributed by atoms with Gasteiger partial charge in [-0.05, 0) is 6.42 Å². The Labute approximate surface area is 115 Å². The summed E-state index contributed by atoms with van der Waals surface area (Å²) in [4.78, 5) is 21.4. The van der Waals surface area contributed by atoms with Crippen molar-refractivity contribution in [3.05, 3.63) is 15.8 Å². The first-order valence-corrected chi connectivity index (χ1v) is 6.83. The highest BCUT2D eigenvalue weighted by molar-refractivity contribution is 8.00. The summed E-state index contributed by atoms with van der Waals surface area (Å²) in [6, 6.07) is 0. The van der Waals surface area contributed by atoms with E-state index in [0.717, 1.165) is 6.42 Å². The smallest absolute Gasteiger partial charge is 0.323 e. The van der Waals surface area contributed by atoms with Crippen LogP contribution < -0.4 is 0 Å². The van der Waals surface area contributed by atoms with Gasteiger partial charge in [0.1, 0.15) is 5.69 Å². The molecular weight excluding hydrogens is 270 g/mol. The van der Waals surface area contributed by atoms with Gasteiger partial charge in [-0.2, -0.15) is 5.10 Å². The quantitative estimate of drug-likeness (QED) is 0.469. The first-order valence-electron chi connectivity index (χ1n) is 5.95.